The van der Waals surface area contributed by atoms with Crippen LogP contribution in [0.2, 0.25) is 0 Å². The fraction of sp³-hybridized carbons (Fsp3) is 0.125. The zero-order valence-electron chi connectivity index (χ0n) is 11.4. The Balaban J connectivity index is 2.02. The van der Waals surface area contributed by atoms with Gasteiger partial charge in [-0.25, -0.2) is 0 Å². The number of carbonyl (C=O) groups excluding carboxylic acids is 2. The Kier molecular flexibility index (Phi) is 2.79. The van der Waals surface area contributed by atoms with Gasteiger partial charge in [-0.3, -0.25) is 9.59 Å². The SMILES string of the molecule is Cc1ccc(-c2sc(C)c3c2C(=O)c2sccc2C3=O)s1. The first-order valence-corrected chi connectivity index (χ1v) is 8.96. The van der Waals surface area contributed by atoms with E-state index in [1.165, 1.54) is 16.2 Å². The Labute approximate surface area is 133 Å². The van der Waals surface area contributed by atoms with E-state index in [1.54, 1.807) is 28.7 Å². The Morgan fingerprint density at radius 3 is 2.38 bits per heavy atom. The quantitative estimate of drug-likeness (QED) is 0.496. The van der Waals surface area contributed by atoms with Gasteiger partial charge in [0.05, 0.1) is 15.3 Å². The molecule has 2 nitrogen and oxygen atoms in total. The third-order valence-corrected chi connectivity index (χ3v) is 6.82. The third-order valence-electron chi connectivity index (χ3n) is 3.62. The van der Waals surface area contributed by atoms with Crippen molar-refractivity contribution in [2.24, 2.45) is 0 Å². The van der Waals surface area contributed by atoms with Gasteiger partial charge in [0.1, 0.15) is 0 Å². The maximum absolute atomic E-state index is 12.8. The lowest BCUT2D eigenvalue weighted by Gasteiger charge is -2.12. The molecule has 1 aliphatic carbocycles. The van der Waals surface area contributed by atoms with E-state index in [2.05, 4.69) is 0 Å². The first-order valence-electron chi connectivity index (χ1n) is 6.45. The topological polar surface area (TPSA) is 34.1 Å². The summed E-state index contributed by atoms with van der Waals surface area (Å²) in [7, 11) is 0. The van der Waals surface area contributed by atoms with E-state index >= 15 is 0 Å². The summed E-state index contributed by atoms with van der Waals surface area (Å²) in [5.41, 5.74) is 1.78. The number of fused-ring (bicyclic) bond motifs is 2. The average molecular weight is 330 g/mol. The fourth-order valence-electron chi connectivity index (χ4n) is 2.68. The number of hydrogen-bond donors (Lipinski definition) is 0. The largest absolute Gasteiger partial charge is 0.288 e. The maximum atomic E-state index is 12.8. The predicted molar refractivity (Wildman–Crippen MR) is 88.3 cm³/mol. The number of thiophene rings is 3. The van der Waals surface area contributed by atoms with Crippen LogP contribution in [0.25, 0.3) is 9.75 Å². The zero-order valence-corrected chi connectivity index (χ0v) is 13.8. The first-order chi connectivity index (χ1) is 10.1. The Bertz CT molecular complexity index is 908. The molecule has 0 fully saturated rings. The molecular weight excluding hydrogens is 320 g/mol. The molecule has 0 atom stereocenters. The van der Waals surface area contributed by atoms with Gasteiger partial charge >= 0.3 is 0 Å². The molecule has 0 aliphatic heterocycles. The first kappa shape index (κ1) is 13.1. The smallest absolute Gasteiger partial charge is 0.205 e. The van der Waals surface area contributed by atoms with Crippen LogP contribution >= 0.6 is 34.0 Å². The van der Waals surface area contributed by atoms with Gasteiger partial charge in [0.25, 0.3) is 0 Å². The van der Waals surface area contributed by atoms with Gasteiger partial charge in [-0.15, -0.1) is 34.0 Å². The molecule has 3 aromatic rings. The highest BCUT2D eigenvalue weighted by Gasteiger charge is 2.36. The molecule has 3 heterocycles. The minimum Gasteiger partial charge on any atom is -0.288 e. The Morgan fingerprint density at radius 2 is 1.67 bits per heavy atom. The molecule has 5 heteroatoms. The molecule has 4 rings (SSSR count). The standard InChI is InChI=1S/C16H10O2S3/c1-7-3-4-10(20-7)16-12-11(8(2)21-16)13(17)9-5-6-19-15(9)14(12)18/h3-6H,1-2H3. The van der Waals surface area contributed by atoms with E-state index in [-0.39, 0.29) is 11.6 Å². The van der Waals surface area contributed by atoms with E-state index in [4.69, 9.17) is 0 Å². The van der Waals surface area contributed by atoms with E-state index < -0.39 is 0 Å². The van der Waals surface area contributed by atoms with Crippen LogP contribution < -0.4 is 0 Å². The normalized spacial score (nSPS) is 13.4. The fourth-order valence-corrected chi connectivity index (χ4v) is 5.65. The molecule has 0 radical (unpaired) electrons. The maximum Gasteiger partial charge on any atom is 0.205 e. The molecule has 0 saturated heterocycles. The number of rotatable bonds is 1. The van der Waals surface area contributed by atoms with Gasteiger partial charge in [0.15, 0.2) is 5.78 Å². The second-order valence-corrected chi connectivity index (χ2v) is 8.40. The van der Waals surface area contributed by atoms with Crippen LogP contribution in [0.4, 0.5) is 0 Å². The summed E-state index contributed by atoms with van der Waals surface area (Å²) in [6.07, 6.45) is 0. The van der Waals surface area contributed by atoms with Gasteiger partial charge in [-0.2, -0.15) is 0 Å². The van der Waals surface area contributed by atoms with Crippen molar-refractivity contribution < 1.29 is 9.59 Å². The summed E-state index contributed by atoms with van der Waals surface area (Å²) in [6.45, 7) is 3.97. The molecule has 0 saturated carbocycles. The summed E-state index contributed by atoms with van der Waals surface area (Å²) >= 11 is 4.57. The predicted octanol–water partition coefficient (Wildman–Crippen LogP) is 4.93. The van der Waals surface area contributed by atoms with Crippen LogP contribution in [0.1, 0.15) is 40.9 Å². The monoisotopic (exact) mass is 330 g/mol. The Morgan fingerprint density at radius 1 is 0.857 bits per heavy atom. The number of ketones is 2. The minimum atomic E-state index is -0.00544. The minimum absolute atomic E-state index is 0.00000283. The van der Waals surface area contributed by atoms with Gasteiger partial charge in [0, 0.05) is 25.8 Å². The summed E-state index contributed by atoms with van der Waals surface area (Å²) in [4.78, 5) is 30.2. The van der Waals surface area contributed by atoms with Crippen LogP contribution in [0.5, 0.6) is 0 Å². The summed E-state index contributed by atoms with van der Waals surface area (Å²) < 4.78 is 0. The van der Waals surface area contributed by atoms with Crippen LogP contribution in [0, 0.1) is 13.8 Å². The molecular formula is C16H10O2S3. The third kappa shape index (κ3) is 1.75. The van der Waals surface area contributed by atoms with Crippen molar-refractivity contribution in [3.05, 3.63) is 54.9 Å². The molecule has 0 unspecified atom stereocenters. The molecule has 1 aliphatic rings. The number of hydrogen-bond acceptors (Lipinski definition) is 5. The zero-order chi connectivity index (χ0) is 14.7. The number of aryl methyl sites for hydroxylation is 2. The summed E-state index contributed by atoms with van der Waals surface area (Å²) in [5.74, 6) is -0.00543. The van der Waals surface area contributed by atoms with Crippen molar-refractivity contribution in [3.8, 4) is 9.75 Å². The van der Waals surface area contributed by atoms with Crippen molar-refractivity contribution in [3.63, 3.8) is 0 Å². The van der Waals surface area contributed by atoms with Crippen molar-refractivity contribution in [2.75, 3.05) is 0 Å². The Hall–Kier alpha value is -1.56. The lowest BCUT2D eigenvalue weighted by Crippen LogP contribution is -2.18. The molecule has 104 valence electrons. The highest BCUT2D eigenvalue weighted by Crippen LogP contribution is 2.44. The van der Waals surface area contributed by atoms with E-state index in [9.17, 15) is 9.59 Å². The van der Waals surface area contributed by atoms with Crippen LogP contribution in [0.3, 0.4) is 0 Å². The lowest BCUT2D eigenvalue weighted by molar-refractivity contribution is 0.0983. The number of carbonyl (C=O) groups is 2. The molecule has 0 aromatic carbocycles. The average Bonchev–Trinajstić information content (AvgIpc) is 3.14. The lowest BCUT2D eigenvalue weighted by atomic mass is 9.89. The van der Waals surface area contributed by atoms with E-state index in [1.807, 2.05) is 31.4 Å². The van der Waals surface area contributed by atoms with Gasteiger partial charge in [-0.1, -0.05) is 0 Å². The molecule has 0 amide bonds. The van der Waals surface area contributed by atoms with Crippen LogP contribution in [-0.4, -0.2) is 11.6 Å². The van der Waals surface area contributed by atoms with Gasteiger partial charge < -0.3 is 0 Å². The van der Waals surface area contributed by atoms with E-state index in [0.717, 1.165) is 14.6 Å². The van der Waals surface area contributed by atoms with Crippen LogP contribution in [0.15, 0.2) is 23.6 Å². The molecule has 0 spiro atoms. The second-order valence-electron chi connectivity index (χ2n) is 4.97. The van der Waals surface area contributed by atoms with Crippen molar-refractivity contribution in [1.82, 2.24) is 0 Å². The van der Waals surface area contributed by atoms with Gasteiger partial charge in [0.2, 0.25) is 5.78 Å². The van der Waals surface area contributed by atoms with Crippen LogP contribution in [-0.2, 0) is 0 Å². The molecule has 0 bridgehead atoms. The van der Waals surface area contributed by atoms with Gasteiger partial charge in [-0.05, 0) is 37.4 Å². The molecule has 3 aromatic heterocycles. The molecule has 21 heavy (non-hydrogen) atoms. The van der Waals surface area contributed by atoms with Crippen molar-refractivity contribution >= 4 is 45.6 Å². The highest BCUT2D eigenvalue weighted by atomic mass is 32.1. The molecule has 0 N–H and O–H groups in total. The highest BCUT2D eigenvalue weighted by molar-refractivity contribution is 7.23. The van der Waals surface area contributed by atoms with Crippen molar-refractivity contribution in [1.29, 1.82) is 0 Å². The summed E-state index contributed by atoms with van der Waals surface area (Å²) in [5, 5.41) is 1.82. The van der Waals surface area contributed by atoms with Crippen molar-refractivity contribution in [2.45, 2.75) is 13.8 Å². The van der Waals surface area contributed by atoms with E-state index in [0.29, 0.717) is 21.6 Å². The summed E-state index contributed by atoms with van der Waals surface area (Å²) in [6, 6.07) is 5.84. The second kappa shape index (κ2) is 4.47.